The van der Waals surface area contributed by atoms with E-state index < -0.39 is 0 Å². The van der Waals surface area contributed by atoms with Gasteiger partial charge in [0.25, 0.3) is 5.91 Å². The molecule has 6 heteroatoms. The number of ether oxygens (including phenoxy) is 1. The molecule has 114 valence electrons. The number of amides is 1. The Balaban J connectivity index is 1.95. The lowest BCUT2D eigenvalue weighted by Gasteiger charge is -2.34. The van der Waals surface area contributed by atoms with Crippen LogP contribution in [-0.4, -0.2) is 68.6 Å². The molecule has 2 rings (SSSR count). The monoisotopic (exact) mass is 291 g/mol. The summed E-state index contributed by atoms with van der Waals surface area (Å²) in [6, 6.07) is 7.48. The number of rotatable bonds is 4. The van der Waals surface area contributed by atoms with Crippen LogP contribution in [0.25, 0.3) is 0 Å². The smallest absolute Gasteiger partial charge is 0.319 e. The standard InChI is InChI=1S/C15H21N3O3/c1-16-13-6-4-3-5-12(13)15(20)18-9-7-17(8-10-18)11-14(19)21-2/h3-6,16H,7-11H2,1-2H3. The van der Waals surface area contributed by atoms with Gasteiger partial charge in [-0.1, -0.05) is 12.1 Å². The van der Waals surface area contributed by atoms with E-state index in [1.54, 1.807) is 7.05 Å². The Kier molecular flexibility index (Phi) is 5.16. The second-order valence-corrected chi connectivity index (χ2v) is 4.94. The Morgan fingerprint density at radius 1 is 1.19 bits per heavy atom. The molecule has 1 aromatic rings. The highest BCUT2D eigenvalue weighted by atomic mass is 16.5. The van der Waals surface area contributed by atoms with Gasteiger partial charge in [-0.3, -0.25) is 14.5 Å². The number of hydrogen-bond acceptors (Lipinski definition) is 5. The van der Waals surface area contributed by atoms with Crippen LogP contribution in [0.1, 0.15) is 10.4 Å². The van der Waals surface area contributed by atoms with Gasteiger partial charge in [0, 0.05) is 38.9 Å². The highest BCUT2D eigenvalue weighted by Gasteiger charge is 2.24. The van der Waals surface area contributed by atoms with Crippen LogP contribution >= 0.6 is 0 Å². The predicted octanol–water partition coefficient (Wildman–Crippen LogP) is 0.659. The summed E-state index contributed by atoms with van der Waals surface area (Å²) >= 11 is 0. The summed E-state index contributed by atoms with van der Waals surface area (Å²) in [7, 11) is 3.19. The molecule has 1 aromatic carbocycles. The first kappa shape index (κ1) is 15.3. The Labute approximate surface area is 124 Å². The molecule has 0 saturated carbocycles. The van der Waals surface area contributed by atoms with Crippen LogP contribution in [0.3, 0.4) is 0 Å². The highest BCUT2D eigenvalue weighted by molar-refractivity contribution is 5.99. The van der Waals surface area contributed by atoms with E-state index >= 15 is 0 Å². The summed E-state index contributed by atoms with van der Waals surface area (Å²) in [5, 5.41) is 3.04. The fourth-order valence-corrected chi connectivity index (χ4v) is 2.41. The number of para-hydroxylation sites is 1. The van der Waals surface area contributed by atoms with Crippen LogP contribution in [0.4, 0.5) is 5.69 Å². The molecule has 0 spiro atoms. The molecule has 1 aliphatic heterocycles. The molecule has 6 nitrogen and oxygen atoms in total. The third-order valence-corrected chi connectivity index (χ3v) is 3.67. The van der Waals surface area contributed by atoms with Crippen molar-refractivity contribution in [2.75, 3.05) is 52.2 Å². The van der Waals surface area contributed by atoms with Gasteiger partial charge in [0.15, 0.2) is 0 Å². The van der Waals surface area contributed by atoms with Gasteiger partial charge in [-0.05, 0) is 12.1 Å². The maximum Gasteiger partial charge on any atom is 0.319 e. The van der Waals surface area contributed by atoms with Crippen LogP contribution in [0.2, 0.25) is 0 Å². The molecule has 0 bridgehead atoms. The summed E-state index contributed by atoms with van der Waals surface area (Å²) in [5.74, 6) is -0.215. The van der Waals surface area contributed by atoms with Gasteiger partial charge in [0.05, 0.1) is 19.2 Å². The molecule has 1 amide bonds. The van der Waals surface area contributed by atoms with Crippen molar-refractivity contribution in [2.24, 2.45) is 0 Å². The maximum absolute atomic E-state index is 12.5. The Morgan fingerprint density at radius 3 is 2.48 bits per heavy atom. The molecular weight excluding hydrogens is 270 g/mol. The average molecular weight is 291 g/mol. The molecule has 21 heavy (non-hydrogen) atoms. The molecule has 1 saturated heterocycles. The second kappa shape index (κ2) is 7.08. The Morgan fingerprint density at radius 2 is 1.86 bits per heavy atom. The van der Waals surface area contributed by atoms with Crippen molar-refractivity contribution in [1.29, 1.82) is 0 Å². The molecule has 0 radical (unpaired) electrons. The molecule has 0 unspecified atom stereocenters. The molecule has 1 fully saturated rings. The van der Waals surface area contributed by atoms with E-state index in [2.05, 4.69) is 10.1 Å². The number of nitrogens with zero attached hydrogens (tertiary/aromatic N) is 2. The van der Waals surface area contributed by atoms with Crippen molar-refractivity contribution in [1.82, 2.24) is 9.80 Å². The normalized spacial score (nSPS) is 15.6. The van der Waals surface area contributed by atoms with E-state index in [-0.39, 0.29) is 18.4 Å². The molecule has 1 aliphatic rings. The average Bonchev–Trinajstić information content (AvgIpc) is 2.54. The van der Waals surface area contributed by atoms with E-state index in [4.69, 9.17) is 0 Å². The maximum atomic E-state index is 12.5. The Hall–Kier alpha value is -2.08. The number of piperazine rings is 1. The minimum absolute atomic E-state index is 0.0256. The first-order chi connectivity index (χ1) is 10.2. The number of anilines is 1. The van der Waals surface area contributed by atoms with E-state index in [9.17, 15) is 9.59 Å². The number of benzene rings is 1. The van der Waals surface area contributed by atoms with Gasteiger partial charge in [0.2, 0.25) is 0 Å². The van der Waals surface area contributed by atoms with Gasteiger partial charge < -0.3 is 15.0 Å². The lowest BCUT2D eigenvalue weighted by molar-refractivity contribution is -0.142. The number of nitrogens with one attached hydrogen (secondary N) is 1. The van der Waals surface area contributed by atoms with Gasteiger partial charge >= 0.3 is 5.97 Å². The molecule has 0 atom stereocenters. The van der Waals surface area contributed by atoms with Gasteiger partial charge in [0.1, 0.15) is 0 Å². The number of hydrogen-bond donors (Lipinski definition) is 1. The van der Waals surface area contributed by atoms with Crippen molar-refractivity contribution in [3.63, 3.8) is 0 Å². The minimum atomic E-state index is -0.240. The van der Waals surface area contributed by atoms with Crippen LogP contribution in [0, 0.1) is 0 Å². The zero-order valence-electron chi connectivity index (χ0n) is 12.5. The lowest BCUT2D eigenvalue weighted by Crippen LogP contribution is -2.50. The van der Waals surface area contributed by atoms with Gasteiger partial charge in [-0.25, -0.2) is 0 Å². The molecule has 1 N–H and O–H groups in total. The van der Waals surface area contributed by atoms with Gasteiger partial charge in [-0.2, -0.15) is 0 Å². The molecule has 0 aromatic heterocycles. The third-order valence-electron chi connectivity index (χ3n) is 3.67. The lowest BCUT2D eigenvalue weighted by atomic mass is 10.1. The zero-order chi connectivity index (χ0) is 15.2. The summed E-state index contributed by atoms with van der Waals surface area (Å²) in [6.07, 6.45) is 0. The summed E-state index contributed by atoms with van der Waals surface area (Å²) in [5.41, 5.74) is 1.51. The minimum Gasteiger partial charge on any atom is -0.468 e. The molecule has 0 aliphatic carbocycles. The van der Waals surface area contributed by atoms with E-state index in [0.29, 0.717) is 31.7 Å². The second-order valence-electron chi connectivity index (χ2n) is 4.94. The fraction of sp³-hybridized carbons (Fsp3) is 0.467. The molecular formula is C15H21N3O3. The van der Waals surface area contributed by atoms with Crippen molar-refractivity contribution >= 4 is 17.6 Å². The van der Waals surface area contributed by atoms with Crippen LogP contribution in [-0.2, 0) is 9.53 Å². The highest BCUT2D eigenvalue weighted by Crippen LogP contribution is 2.17. The number of carbonyl (C=O) groups is 2. The molecule has 1 heterocycles. The zero-order valence-corrected chi connectivity index (χ0v) is 12.5. The van der Waals surface area contributed by atoms with E-state index in [1.807, 2.05) is 34.1 Å². The van der Waals surface area contributed by atoms with Crippen molar-refractivity contribution < 1.29 is 14.3 Å². The summed E-state index contributed by atoms with van der Waals surface area (Å²) < 4.78 is 4.66. The van der Waals surface area contributed by atoms with Crippen molar-refractivity contribution in [2.45, 2.75) is 0 Å². The van der Waals surface area contributed by atoms with E-state index in [1.165, 1.54) is 7.11 Å². The third kappa shape index (κ3) is 3.72. The Bertz CT molecular complexity index is 511. The SMILES string of the molecule is CNc1ccccc1C(=O)N1CCN(CC(=O)OC)CC1. The van der Waals surface area contributed by atoms with Gasteiger partial charge in [-0.15, -0.1) is 0 Å². The number of esters is 1. The first-order valence-corrected chi connectivity index (χ1v) is 7.01. The fourth-order valence-electron chi connectivity index (χ4n) is 2.41. The number of carbonyl (C=O) groups excluding carboxylic acids is 2. The largest absolute Gasteiger partial charge is 0.468 e. The van der Waals surface area contributed by atoms with Crippen molar-refractivity contribution in [3.05, 3.63) is 29.8 Å². The van der Waals surface area contributed by atoms with Crippen LogP contribution in [0.15, 0.2) is 24.3 Å². The predicted molar refractivity (Wildman–Crippen MR) is 80.3 cm³/mol. The number of methoxy groups -OCH3 is 1. The van der Waals surface area contributed by atoms with E-state index in [0.717, 1.165) is 5.69 Å². The summed E-state index contributed by atoms with van der Waals surface area (Å²) in [6.45, 7) is 2.89. The topological polar surface area (TPSA) is 61.9 Å². The van der Waals surface area contributed by atoms with Crippen LogP contribution in [0.5, 0.6) is 0 Å². The van der Waals surface area contributed by atoms with Crippen molar-refractivity contribution in [3.8, 4) is 0 Å². The first-order valence-electron chi connectivity index (χ1n) is 7.01. The quantitative estimate of drug-likeness (QED) is 0.826. The van der Waals surface area contributed by atoms with Crippen LogP contribution < -0.4 is 5.32 Å². The summed E-state index contributed by atoms with van der Waals surface area (Å²) in [4.78, 5) is 27.6.